The van der Waals surface area contributed by atoms with Gasteiger partial charge in [0.15, 0.2) is 5.82 Å². The zero-order chi connectivity index (χ0) is 23.6. The SMILES string of the molecule is Cc1ccccc1CC(=O)NN(CC(C)C)c1ccnc(C#N)n1.O=C(O)C(F)(F)F. The highest BCUT2D eigenvalue weighted by Gasteiger charge is 2.38. The lowest BCUT2D eigenvalue weighted by atomic mass is 10.1. The Labute approximate surface area is 177 Å². The molecular formula is C20H22F3N5O3. The fourth-order valence-corrected chi connectivity index (χ4v) is 2.29. The van der Waals surface area contributed by atoms with Crippen LogP contribution in [-0.2, 0) is 16.0 Å². The van der Waals surface area contributed by atoms with Crippen molar-refractivity contribution < 1.29 is 27.9 Å². The van der Waals surface area contributed by atoms with Crippen LogP contribution in [0, 0.1) is 24.2 Å². The largest absolute Gasteiger partial charge is 0.490 e. The summed E-state index contributed by atoms with van der Waals surface area (Å²) in [6.45, 7) is 6.67. The fraction of sp³-hybridized carbons (Fsp3) is 0.350. The van der Waals surface area contributed by atoms with Crippen molar-refractivity contribution >= 4 is 17.7 Å². The second-order valence-corrected chi connectivity index (χ2v) is 6.80. The number of alkyl halides is 3. The van der Waals surface area contributed by atoms with Gasteiger partial charge in [0.2, 0.25) is 11.7 Å². The number of carboxylic acids is 1. The van der Waals surface area contributed by atoms with Crippen molar-refractivity contribution in [1.29, 1.82) is 5.26 Å². The predicted molar refractivity (Wildman–Crippen MR) is 106 cm³/mol. The quantitative estimate of drug-likeness (QED) is 0.667. The standard InChI is InChI=1S/C18H21N5O.C2HF3O2/c1-13(2)12-23(17-8-9-20-16(11-19)21-17)22-18(24)10-15-7-5-4-6-14(15)3;3-2(4,5)1(6)7/h4-9,13H,10,12H2,1-3H3,(H,22,24);(H,6,7). The van der Waals surface area contributed by atoms with Gasteiger partial charge in [-0.2, -0.15) is 23.4 Å². The van der Waals surface area contributed by atoms with Crippen molar-refractivity contribution in [2.24, 2.45) is 5.92 Å². The van der Waals surface area contributed by atoms with Gasteiger partial charge >= 0.3 is 12.1 Å². The smallest absolute Gasteiger partial charge is 0.475 e. The maximum absolute atomic E-state index is 12.4. The van der Waals surface area contributed by atoms with Gasteiger partial charge in [-0.3, -0.25) is 15.2 Å². The number of amides is 1. The summed E-state index contributed by atoms with van der Waals surface area (Å²) in [4.78, 5) is 29.3. The molecule has 1 heterocycles. The van der Waals surface area contributed by atoms with Crippen LogP contribution >= 0.6 is 0 Å². The van der Waals surface area contributed by atoms with E-state index in [1.165, 1.54) is 6.20 Å². The molecule has 0 saturated heterocycles. The van der Waals surface area contributed by atoms with E-state index < -0.39 is 12.1 Å². The molecule has 11 heteroatoms. The molecule has 0 radical (unpaired) electrons. The van der Waals surface area contributed by atoms with Gasteiger partial charge in [0, 0.05) is 18.8 Å². The molecule has 0 aliphatic heterocycles. The van der Waals surface area contributed by atoms with Gasteiger partial charge < -0.3 is 5.11 Å². The zero-order valence-electron chi connectivity index (χ0n) is 17.1. The summed E-state index contributed by atoms with van der Waals surface area (Å²) in [7, 11) is 0. The van der Waals surface area contributed by atoms with Gasteiger partial charge in [-0.25, -0.2) is 9.78 Å². The average Bonchev–Trinajstić information content (AvgIpc) is 2.68. The fourth-order valence-electron chi connectivity index (χ4n) is 2.29. The van der Waals surface area contributed by atoms with Gasteiger partial charge in [-0.1, -0.05) is 38.1 Å². The molecule has 0 fully saturated rings. The molecule has 0 aliphatic carbocycles. The summed E-state index contributed by atoms with van der Waals surface area (Å²) in [5.74, 6) is -1.98. The van der Waals surface area contributed by atoms with Crippen molar-refractivity contribution in [2.45, 2.75) is 33.4 Å². The van der Waals surface area contributed by atoms with E-state index >= 15 is 0 Å². The van der Waals surface area contributed by atoms with Crippen molar-refractivity contribution in [1.82, 2.24) is 15.4 Å². The van der Waals surface area contributed by atoms with E-state index in [-0.39, 0.29) is 18.2 Å². The molecule has 2 N–H and O–H groups in total. The van der Waals surface area contributed by atoms with Crippen LogP contribution in [0.25, 0.3) is 0 Å². The second kappa shape index (κ2) is 11.5. The molecular weight excluding hydrogens is 415 g/mol. The first-order chi connectivity index (χ1) is 14.4. The predicted octanol–water partition coefficient (Wildman–Crippen LogP) is 3.03. The third-order valence-corrected chi connectivity index (χ3v) is 3.68. The van der Waals surface area contributed by atoms with E-state index in [2.05, 4.69) is 15.4 Å². The molecule has 0 bridgehead atoms. The van der Waals surface area contributed by atoms with Crippen molar-refractivity contribution in [3.05, 3.63) is 53.5 Å². The van der Waals surface area contributed by atoms with E-state index in [0.717, 1.165) is 11.1 Å². The minimum absolute atomic E-state index is 0.0782. The number of nitrogens with zero attached hydrogens (tertiary/aromatic N) is 4. The summed E-state index contributed by atoms with van der Waals surface area (Å²) >= 11 is 0. The summed E-state index contributed by atoms with van der Waals surface area (Å²) < 4.78 is 31.7. The van der Waals surface area contributed by atoms with Gasteiger partial charge in [0.05, 0.1) is 6.42 Å². The monoisotopic (exact) mass is 437 g/mol. The van der Waals surface area contributed by atoms with Gasteiger partial charge in [0.25, 0.3) is 0 Å². The number of aromatic nitrogens is 2. The highest BCUT2D eigenvalue weighted by Crippen LogP contribution is 2.13. The Morgan fingerprint density at radius 3 is 2.39 bits per heavy atom. The van der Waals surface area contributed by atoms with E-state index in [4.69, 9.17) is 15.2 Å². The number of carbonyl (C=O) groups is 2. The van der Waals surface area contributed by atoms with Crippen molar-refractivity contribution in [3.8, 4) is 6.07 Å². The summed E-state index contributed by atoms with van der Waals surface area (Å²) in [6, 6.07) is 11.4. The lowest BCUT2D eigenvalue weighted by Crippen LogP contribution is -2.45. The molecule has 0 saturated carbocycles. The van der Waals surface area contributed by atoms with Crippen LogP contribution in [-0.4, -0.2) is 39.7 Å². The number of hydrazine groups is 1. The Balaban J connectivity index is 0.000000592. The van der Waals surface area contributed by atoms with Crippen LogP contribution in [0.2, 0.25) is 0 Å². The number of nitrogens with one attached hydrogen (secondary N) is 1. The third-order valence-electron chi connectivity index (χ3n) is 3.68. The second-order valence-electron chi connectivity index (χ2n) is 6.80. The Morgan fingerprint density at radius 1 is 1.26 bits per heavy atom. The van der Waals surface area contributed by atoms with Crippen LogP contribution in [0.4, 0.5) is 19.0 Å². The molecule has 0 atom stereocenters. The van der Waals surface area contributed by atoms with Crippen LogP contribution in [0.5, 0.6) is 0 Å². The number of anilines is 1. The number of aryl methyl sites for hydroxylation is 1. The van der Waals surface area contributed by atoms with E-state index in [1.807, 2.05) is 51.1 Å². The first kappa shape index (κ1) is 25.4. The number of hydrogen-bond donors (Lipinski definition) is 2. The third kappa shape index (κ3) is 9.12. The van der Waals surface area contributed by atoms with E-state index in [0.29, 0.717) is 18.3 Å². The highest BCUT2D eigenvalue weighted by atomic mass is 19.4. The summed E-state index contributed by atoms with van der Waals surface area (Å²) in [5.41, 5.74) is 4.95. The molecule has 0 spiro atoms. The van der Waals surface area contributed by atoms with Crippen LogP contribution in [0.3, 0.4) is 0 Å². The normalized spacial score (nSPS) is 10.5. The number of rotatable bonds is 6. The first-order valence-electron chi connectivity index (χ1n) is 9.08. The molecule has 166 valence electrons. The number of nitriles is 1. The number of benzene rings is 1. The maximum Gasteiger partial charge on any atom is 0.490 e. The highest BCUT2D eigenvalue weighted by molar-refractivity contribution is 5.80. The number of carboxylic acid groups (broad SMARTS) is 1. The Hall–Kier alpha value is -3.68. The minimum Gasteiger partial charge on any atom is -0.475 e. The van der Waals surface area contributed by atoms with Crippen molar-refractivity contribution in [2.75, 3.05) is 11.6 Å². The molecule has 1 aromatic carbocycles. The summed E-state index contributed by atoms with van der Waals surface area (Å²) in [6.07, 6.45) is -3.28. The molecule has 31 heavy (non-hydrogen) atoms. The molecule has 2 rings (SSSR count). The zero-order valence-corrected chi connectivity index (χ0v) is 17.1. The first-order valence-corrected chi connectivity index (χ1v) is 9.08. The molecule has 8 nitrogen and oxygen atoms in total. The average molecular weight is 437 g/mol. The lowest BCUT2D eigenvalue weighted by molar-refractivity contribution is -0.192. The van der Waals surface area contributed by atoms with E-state index in [1.54, 1.807) is 11.1 Å². The van der Waals surface area contributed by atoms with Crippen LogP contribution in [0.1, 0.15) is 30.8 Å². The molecule has 0 unspecified atom stereocenters. The van der Waals surface area contributed by atoms with Gasteiger partial charge in [0.1, 0.15) is 6.07 Å². The summed E-state index contributed by atoms with van der Waals surface area (Å²) in [5, 5.41) is 17.8. The minimum atomic E-state index is -5.08. The lowest BCUT2D eigenvalue weighted by Gasteiger charge is -2.26. The van der Waals surface area contributed by atoms with Gasteiger partial charge in [-0.15, -0.1) is 0 Å². The maximum atomic E-state index is 12.4. The van der Waals surface area contributed by atoms with Crippen molar-refractivity contribution in [3.63, 3.8) is 0 Å². The Kier molecular flexibility index (Phi) is 9.40. The molecule has 1 amide bonds. The number of halogens is 3. The van der Waals surface area contributed by atoms with Crippen LogP contribution in [0.15, 0.2) is 36.5 Å². The van der Waals surface area contributed by atoms with Crippen LogP contribution < -0.4 is 10.4 Å². The molecule has 0 aliphatic rings. The number of carbonyl (C=O) groups excluding carboxylic acids is 1. The number of aliphatic carboxylic acids is 1. The molecule has 2 aromatic rings. The number of hydrogen-bond acceptors (Lipinski definition) is 6. The van der Waals surface area contributed by atoms with E-state index in [9.17, 15) is 18.0 Å². The Morgan fingerprint density at radius 2 is 1.87 bits per heavy atom. The molecule has 1 aromatic heterocycles. The van der Waals surface area contributed by atoms with Gasteiger partial charge in [-0.05, 0) is 24.0 Å². The topological polar surface area (TPSA) is 119 Å². The Bertz CT molecular complexity index is 942.